The van der Waals surface area contributed by atoms with Gasteiger partial charge < -0.3 is 15.5 Å². The van der Waals surface area contributed by atoms with Gasteiger partial charge in [0.15, 0.2) is 5.11 Å². The summed E-state index contributed by atoms with van der Waals surface area (Å²) in [5, 5.41) is 27.1. The highest BCUT2D eigenvalue weighted by Gasteiger charge is 2.60. The number of hydrogen-bond donors (Lipinski definition) is 4. The molecular weight excluding hydrogens is 322 g/mol. The van der Waals surface area contributed by atoms with E-state index in [1.807, 2.05) is 0 Å². The molecule has 0 saturated heterocycles. The number of rotatable bonds is 3. The molecule has 2 aliphatic carbocycles. The summed E-state index contributed by atoms with van der Waals surface area (Å²) in [6, 6.07) is 4.36. The normalized spacial score (nSPS) is 30.6. The summed E-state index contributed by atoms with van der Waals surface area (Å²) in [6.45, 7) is 6.91. The maximum absolute atomic E-state index is 9.74. The lowest BCUT2D eigenvalue weighted by Gasteiger charge is -2.48. The molecule has 0 radical (unpaired) electrons. The van der Waals surface area contributed by atoms with Gasteiger partial charge in [-0.2, -0.15) is 5.10 Å². The number of hydrogen-bond acceptors (Lipinski definition) is 4. The molecule has 2 fully saturated rings. The predicted molar refractivity (Wildman–Crippen MR) is 99.3 cm³/mol. The lowest BCUT2D eigenvalue weighted by molar-refractivity contribution is 0.0833. The van der Waals surface area contributed by atoms with Crippen LogP contribution in [0.4, 0.5) is 0 Å². The fourth-order valence-corrected chi connectivity index (χ4v) is 4.70. The van der Waals surface area contributed by atoms with Crippen molar-refractivity contribution in [2.45, 2.75) is 45.6 Å². The van der Waals surface area contributed by atoms with Gasteiger partial charge in [0.05, 0.1) is 6.21 Å². The Labute approximate surface area is 148 Å². The monoisotopic (exact) mass is 347 g/mol. The van der Waals surface area contributed by atoms with E-state index in [1.165, 1.54) is 37.6 Å². The molecule has 0 aliphatic heterocycles. The van der Waals surface area contributed by atoms with Crippen LogP contribution >= 0.6 is 12.2 Å². The lowest BCUT2D eigenvalue weighted by atomic mass is 9.64. The lowest BCUT2D eigenvalue weighted by Crippen LogP contribution is -2.60. The second-order valence-electron chi connectivity index (χ2n) is 7.70. The van der Waals surface area contributed by atoms with Crippen LogP contribution in [0, 0.1) is 17.3 Å². The van der Waals surface area contributed by atoms with Crippen LogP contribution in [0.3, 0.4) is 0 Å². The highest BCUT2D eigenvalue weighted by molar-refractivity contribution is 7.80. The average Bonchev–Trinajstić information content (AvgIpc) is 3.05. The van der Waals surface area contributed by atoms with Crippen molar-refractivity contribution < 1.29 is 10.2 Å². The Morgan fingerprint density at radius 3 is 2.58 bits per heavy atom. The van der Waals surface area contributed by atoms with Crippen LogP contribution in [0.15, 0.2) is 23.3 Å². The largest absolute Gasteiger partial charge is 0.508 e. The first-order valence-corrected chi connectivity index (χ1v) is 8.78. The summed E-state index contributed by atoms with van der Waals surface area (Å²) in [7, 11) is 0. The molecule has 6 heteroatoms. The van der Waals surface area contributed by atoms with Gasteiger partial charge in [-0.15, -0.1) is 0 Å². The van der Waals surface area contributed by atoms with Crippen molar-refractivity contribution in [1.29, 1.82) is 0 Å². The van der Waals surface area contributed by atoms with Crippen molar-refractivity contribution in [3.05, 3.63) is 23.8 Å². The van der Waals surface area contributed by atoms with Gasteiger partial charge in [-0.25, -0.2) is 0 Å². The first-order chi connectivity index (χ1) is 11.2. The SMILES string of the molecule is CC1(C)C2CCC(C2)C1(C)NC(=S)N/N=C/c1ccc(O)cc1O. The van der Waals surface area contributed by atoms with E-state index in [1.54, 1.807) is 6.07 Å². The predicted octanol–water partition coefficient (Wildman–Crippen LogP) is 3.11. The fourth-order valence-electron chi connectivity index (χ4n) is 4.44. The second-order valence-corrected chi connectivity index (χ2v) is 8.11. The molecule has 0 aromatic heterocycles. The number of benzene rings is 1. The molecule has 2 saturated carbocycles. The zero-order valence-electron chi connectivity index (χ0n) is 14.3. The summed E-state index contributed by atoms with van der Waals surface area (Å²) in [6.07, 6.45) is 5.32. The van der Waals surface area contributed by atoms with Crippen LogP contribution in [0.5, 0.6) is 11.5 Å². The van der Waals surface area contributed by atoms with E-state index in [0.717, 1.165) is 5.92 Å². The second kappa shape index (κ2) is 5.92. The molecule has 3 unspecified atom stereocenters. The molecule has 1 aromatic carbocycles. The van der Waals surface area contributed by atoms with Gasteiger partial charge in [-0.1, -0.05) is 13.8 Å². The third-order valence-corrected chi connectivity index (χ3v) is 6.56. The summed E-state index contributed by atoms with van der Waals surface area (Å²) >= 11 is 5.41. The maximum atomic E-state index is 9.74. The van der Waals surface area contributed by atoms with Crippen LogP contribution in [0.2, 0.25) is 0 Å². The van der Waals surface area contributed by atoms with Crippen LogP contribution in [-0.4, -0.2) is 27.1 Å². The number of nitrogens with one attached hydrogen (secondary N) is 2. The minimum absolute atomic E-state index is 0.0150. The molecule has 0 heterocycles. The van der Waals surface area contributed by atoms with Gasteiger partial charge in [-0.3, -0.25) is 5.43 Å². The van der Waals surface area contributed by atoms with E-state index in [-0.39, 0.29) is 22.5 Å². The van der Waals surface area contributed by atoms with E-state index in [0.29, 0.717) is 16.6 Å². The van der Waals surface area contributed by atoms with Gasteiger partial charge in [-0.05, 0) is 67.8 Å². The zero-order valence-corrected chi connectivity index (χ0v) is 15.2. The molecular formula is C18H25N3O2S. The molecule has 3 atom stereocenters. The average molecular weight is 347 g/mol. The highest BCUT2D eigenvalue weighted by Crippen LogP contribution is 2.61. The number of phenolic OH excluding ortho intramolecular Hbond substituents is 2. The molecule has 1 aromatic rings. The third-order valence-electron chi connectivity index (χ3n) is 6.37. The Hall–Kier alpha value is -1.82. The standard InChI is InChI=1S/C18H25N3O2S/c1-17(2)12-5-6-13(8-12)18(17,3)20-16(24)21-19-10-11-4-7-14(22)9-15(11)23/h4,7,9-10,12-13,22-23H,5-6,8H2,1-3H3,(H2,20,21,24)/b19-10+. The smallest absolute Gasteiger partial charge is 0.187 e. The molecule has 5 nitrogen and oxygen atoms in total. The molecule has 4 N–H and O–H groups in total. The van der Waals surface area contributed by atoms with Gasteiger partial charge >= 0.3 is 0 Å². The molecule has 2 aliphatic rings. The molecule has 0 amide bonds. The van der Waals surface area contributed by atoms with Crippen molar-refractivity contribution in [2.75, 3.05) is 0 Å². The highest BCUT2D eigenvalue weighted by atomic mass is 32.1. The van der Waals surface area contributed by atoms with Gasteiger partial charge in [0.1, 0.15) is 11.5 Å². The first kappa shape index (κ1) is 17.0. The number of nitrogens with zero attached hydrogens (tertiary/aromatic N) is 1. The summed E-state index contributed by atoms with van der Waals surface area (Å²) < 4.78 is 0. The number of fused-ring (bicyclic) bond motifs is 2. The van der Waals surface area contributed by atoms with Crippen molar-refractivity contribution in [3.8, 4) is 11.5 Å². The minimum Gasteiger partial charge on any atom is -0.508 e. The van der Waals surface area contributed by atoms with Crippen molar-refractivity contribution in [3.63, 3.8) is 0 Å². The van der Waals surface area contributed by atoms with Crippen molar-refractivity contribution >= 4 is 23.5 Å². The quantitative estimate of drug-likeness (QED) is 0.384. The number of phenols is 2. The summed E-state index contributed by atoms with van der Waals surface area (Å²) in [4.78, 5) is 0. The number of thiocarbonyl (C=S) groups is 1. The topological polar surface area (TPSA) is 76.9 Å². The van der Waals surface area contributed by atoms with E-state index >= 15 is 0 Å². The summed E-state index contributed by atoms with van der Waals surface area (Å²) in [5.74, 6) is 1.38. The molecule has 3 rings (SSSR count). The van der Waals surface area contributed by atoms with Gasteiger partial charge in [0.2, 0.25) is 0 Å². The van der Waals surface area contributed by atoms with Gasteiger partial charge in [0, 0.05) is 17.2 Å². The first-order valence-electron chi connectivity index (χ1n) is 8.37. The van der Waals surface area contributed by atoms with Crippen LogP contribution in [0.1, 0.15) is 45.6 Å². The van der Waals surface area contributed by atoms with E-state index in [4.69, 9.17) is 12.2 Å². The number of aromatic hydroxyl groups is 2. The van der Waals surface area contributed by atoms with E-state index < -0.39 is 0 Å². The fraction of sp³-hybridized carbons (Fsp3) is 0.556. The van der Waals surface area contributed by atoms with Crippen LogP contribution in [-0.2, 0) is 0 Å². The molecule has 130 valence electrons. The van der Waals surface area contributed by atoms with Gasteiger partial charge in [0.25, 0.3) is 0 Å². The Morgan fingerprint density at radius 1 is 1.25 bits per heavy atom. The minimum atomic E-state index is -0.0316. The molecule has 24 heavy (non-hydrogen) atoms. The Bertz CT molecular complexity index is 689. The maximum Gasteiger partial charge on any atom is 0.187 e. The Kier molecular flexibility index (Phi) is 4.20. The van der Waals surface area contributed by atoms with Crippen LogP contribution < -0.4 is 10.7 Å². The summed E-state index contributed by atoms with van der Waals surface area (Å²) in [5.41, 5.74) is 3.51. The van der Waals surface area contributed by atoms with Crippen LogP contribution in [0.25, 0.3) is 0 Å². The van der Waals surface area contributed by atoms with E-state index in [9.17, 15) is 10.2 Å². The Balaban J connectivity index is 1.63. The van der Waals surface area contributed by atoms with Crippen molar-refractivity contribution in [2.24, 2.45) is 22.4 Å². The van der Waals surface area contributed by atoms with E-state index in [2.05, 4.69) is 36.6 Å². The molecule has 0 spiro atoms. The van der Waals surface area contributed by atoms with Crippen molar-refractivity contribution in [1.82, 2.24) is 10.7 Å². The third kappa shape index (κ3) is 2.73. The zero-order chi connectivity index (χ0) is 17.5. The number of hydrazone groups is 1. The molecule has 2 bridgehead atoms. The Morgan fingerprint density at radius 2 is 1.96 bits per heavy atom.